The summed E-state index contributed by atoms with van der Waals surface area (Å²) in [6.45, 7) is 0. The smallest absolute Gasteiger partial charge is 0.337 e. The van der Waals surface area contributed by atoms with E-state index < -0.39 is 5.97 Å². The number of aromatic carboxylic acids is 1. The van der Waals surface area contributed by atoms with E-state index in [0.717, 1.165) is 16.5 Å². The molecule has 0 unspecified atom stereocenters. The van der Waals surface area contributed by atoms with E-state index in [9.17, 15) is 9.90 Å². The maximum Gasteiger partial charge on any atom is 0.337 e. The molecule has 0 aliphatic rings. The van der Waals surface area contributed by atoms with Crippen LogP contribution in [-0.2, 0) is 0 Å². The summed E-state index contributed by atoms with van der Waals surface area (Å²) in [4.78, 5) is 11.3. The van der Waals surface area contributed by atoms with Gasteiger partial charge in [-0.3, -0.25) is 0 Å². The molecule has 20 heavy (non-hydrogen) atoms. The fraction of sp³-hybridized carbons (Fsp3) is 0. The van der Waals surface area contributed by atoms with E-state index in [0.29, 0.717) is 5.56 Å². The van der Waals surface area contributed by atoms with Crippen molar-refractivity contribution in [3.8, 4) is 0 Å². The number of carboxylic acids is 1. The van der Waals surface area contributed by atoms with Crippen LogP contribution in [0.4, 0.5) is 0 Å². The van der Waals surface area contributed by atoms with Crippen LogP contribution in [0.1, 0.15) is 15.9 Å². The highest BCUT2D eigenvalue weighted by atomic mass is 16.4. The van der Waals surface area contributed by atoms with Crippen LogP contribution in [0, 0.1) is 0 Å². The SMILES string of the molecule is O=C(O)c1cn(C=Cc2ccccc2)c2ccccc12. The molecular weight excluding hydrogens is 250 g/mol. The van der Waals surface area contributed by atoms with Crippen molar-refractivity contribution in [2.75, 3.05) is 0 Å². The average Bonchev–Trinajstić information content (AvgIpc) is 2.85. The van der Waals surface area contributed by atoms with Crippen LogP contribution in [0.15, 0.2) is 60.8 Å². The number of nitrogens with zero attached hydrogens (tertiary/aromatic N) is 1. The van der Waals surface area contributed by atoms with Gasteiger partial charge >= 0.3 is 5.97 Å². The third kappa shape index (κ3) is 2.21. The van der Waals surface area contributed by atoms with E-state index in [2.05, 4.69) is 0 Å². The van der Waals surface area contributed by atoms with Crippen molar-refractivity contribution in [3.63, 3.8) is 0 Å². The van der Waals surface area contributed by atoms with E-state index in [-0.39, 0.29) is 0 Å². The van der Waals surface area contributed by atoms with E-state index in [1.54, 1.807) is 6.20 Å². The molecule has 1 aromatic heterocycles. The van der Waals surface area contributed by atoms with Gasteiger partial charge in [-0.1, -0.05) is 48.5 Å². The molecule has 0 radical (unpaired) electrons. The number of aromatic nitrogens is 1. The number of carboxylic acid groups (broad SMARTS) is 1. The summed E-state index contributed by atoms with van der Waals surface area (Å²) in [5.74, 6) is -0.909. The molecule has 3 aromatic rings. The van der Waals surface area contributed by atoms with E-state index in [4.69, 9.17) is 0 Å². The minimum atomic E-state index is -0.909. The molecule has 0 amide bonds. The predicted molar refractivity (Wildman–Crippen MR) is 80.6 cm³/mol. The molecule has 0 atom stereocenters. The van der Waals surface area contributed by atoms with Gasteiger partial charge in [-0.15, -0.1) is 0 Å². The van der Waals surface area contributed by atoms with Crippen LogP contribution in [-0.4, -0.2) is 15.6 Å². The second-order valence-corrected chi connectivity index (χ2v) is 4.50. The Morgan fingerprint density at radius 2 is 1.70 bits per heavy atom. The van der Waals surface area contributed by atoms with Crippen LogP contribution in [0.2, 0.25) is 0 Å². The first-order valence-corrected chi connectivity index (χ1v) is 6.32. The minimum Gasteiger partial charge on any atom is -0.478 e. The number of hydrogen-bond donors (Lipinski definition) is 1. The van der Waals surface area contributed by atoms with Crippen molar-refractivity contribution in [1.29, 1.82) is 0 Å². The zero-order valence-electron chi connectivity index (χ0n) is 10.7. The first-order valence-electron chi connectivity index (χ1n) is 6.32. The largest absolute Gasteiger partial charge is 0.478 e. The minimum absolute atomic E-state index is 0.318. The molecule has 0 aliphatic heterocycles. The van der Waals surface area contributed by atoms with Crippen molar-refractivity contribution >= 4 is 29.1 Å². The van der Waals surface area contributed by atoms with Crippen LogP contribution in [0.5, 0.6) is 0 Å². The molecule has 0 spiro atoms. The number of carbonyl (C=O) groups is 1. The highest BCUT2D eigenvalue weighted by molar-refractivity contribution is 6.04. The monoisotopic (exact) mass is 263 g/mol. The zero-order valence-corrected chi connectivity index (χ0v) is 10.7. The molecule has 0 bridgehead atoms. The van der Waals surface area contributed by atoms with Gasteiger partial charge in [-0.25, -0.2) is 4.79 Å². The Hall–Kier alpha value is -2.81. The van der Waals surface area contributed by atoms with Gasteiger partial charge in [-0.2, -0.15) is 0 Å². The number of rotatable bonds is 3. The van der Waals surface area contributed by atoms with E-state index >= 15 is 0 Å². The van der Waals surface area contributed by atoms with Crippen LogP contribution >= 0.6 is 0 Å². The van der Waals surface area contributed by atoms with Crippen molar-refractivity contribution in [1.82, 2.24) is 4.57 Å². The van der Waals surface area contributed by atoms with Gasteiger partial charge in [0.05, 0.1) is 11.1 Å². The van der Waals surface area contributed by atoms with Gasteiger partial charge in [0.2, 0.25) is 0 Å². The Labute approximate surface area is 116 Å². The van der Waals surface area contributed by atoms with E-state index in [1.807, 2.05) is 71.4 Å². The molecule has 98 valence electrons. The summed E-state index contributed by atoms with van der Waals surface area (Å²) in [7, 11) is 0. The summed E-state index contributed by atoms with van der Waals surface area (Å²) < 4.78 is 1.84. The zero-order chi connectivity index (χ0) is 13.9. The van der Waals surface area contributed by atoms with Crippen molar-refractivity contribution in [2.24, 2.45) is 0 Å². The molecule has 1 N–H and O–H groups in total. The molecule has 3 nitrogen and oxygen atoms in total. The molecule has 0 saturated heterocycles. The van der Waals surface area contributed by atoms with Gasteiger partial charge in [-0.05, 0) is 17.7 Å². The summed E-state index contributed by atoms with van der Waals surface area (Å²) >= 11 is 0. The fourth-order valence-electron chi connectivity index (χ4n) is 2.23. The van der Waals surface area contributed by atoms with Crippen LogP contribution < -0.4 is 0 Å². The highest BCUT2D eigenvalue weighted by Gasteiger charge is 2.12. The molecule has 0 fully saturated rings. The van der Waals surface area contributed by atoms with Crippen molar-refractivity contribution in [3.05, 3.63) is 71.9 Å². The fourth-order valence-corrected chi connectivity index (χ4v) is 2.23. The summed E-state index contributed by atoms with van der Waals surface area (Å²) in [6, 6.07) is 17.4. The lowest BCUT2D eigenvalue weighted by Gasteiger charge is -1.97. The Balaban J connectivity index is 2.08. The van der Waals surface area contributed by atoms with Crippen molar-refractivity contribution < 1.29 is 9.90 Å². The number of fused-ring (bicyclic) bond motifs is 1. The average molecular weight is 263 g/mol. The Bertz CT molecular complexity index is 785. The molecule has 3 heteroatoms. The summed E-state index contributed by atoms with van der Waals surface area (Å²) in [5.41, 5.74) is 2.28. The molecule has 2 aromatic carbocycles. The van der Waals surface area contributed by atoms with Crippen LogP contribution in [0.25, 0.3) is 23.2 Å². The Kier molecular flexibility index (Phi) is 3.09. The first kappa shape index (κ1) is 12.2. The van der Waals surface area contributed by atoms with E-state index in [1.165, 1.54) is 0 Å². The highest BCUT2D eigenvalue weighted by Crippen LogP contribution is 2.22. The number of para-hydroxylation sites is 1. The van der Waals surface area contributed by atoms with Gasteiger partial charge in [0.1, 0.15) is 0 Å². The third-order valence-electron chi connectivity index (χ3n) is 3.20. The molecule has 3 rings (SSSR count). The third-order valence-corrected chi connectivity index (χ3v) is 3.20. The van der Waals surface area contributed by atoms with Gasteiger partial charge < -0.3 is 9.67 Å². The van der Waals surface area contributed by atoms with Gasteiger partial charge in [0.25, 0.3) is 0 Å². The molecule has 1 heterocycles. The second kappa shape index (κ2) is 5.05. The predicted octanol–water partition coefficient (Wildman–Crippen LogP) is 3.97. The molecular formula is C17H13NO2. The number of hydrogen-bond acceptors (Lipinski definition) is 1. The number of benzene rings is 2. The van der Waals surface area contributed by atoms with Crippen molar-refractivity contribution in [2.45, 2.75) is 0 Å². The summed E-state index contributed by atoms with van der Waals surface area (Å²) in [5, 5.41) is 9.99. The normalized spacial score (nSPS) is 11.2. The lowest BCUT2D eigenvalue weighted by molar-refractivity contribution is 0.0699. The molecule has 0 aliphatic carbocycles. The second-order valence-electron chi connectivity index (χ2n) is 4.50. The topological polar surface area (TPSA) is 42.2 Å². The maximum atomic E-state index is 11.3. The first-order chi connectivity index (χ1) is 9.75. The standard InChI is InChI=1S/C17H13NO2/c19-17(20)15-12-18(16-9-5-4-8-14(15)16)11-10-13-6-2-1-3-7-13/h1-12H,(H,19,20). The quantitative estimate of drug-likeness (QED) is 0.777. The Morgan fingerprint density at radius 1 is 1.00 bits per heavy atom. The van der Waals surface area contributed by atoms with Crippen LogP contribution in [0.3, 0.4) is 0 Å². The lowest BCUT2D eigenvalue weighted by atomic mass is 10.2. The van der Waals surface area contributed by atoms with Gasteiger partial charge in [0.15, 0.2) is 0 Å². The molecule has 0 saturated carbocycles. The maximum absolute atomic E-state index is 11.3. The Morgan fingerprint density at radius 3 is 2.45 bits per heavy atom. The summed E-state index contributed by atoms with van der Waals surface area (Å²) in [6.07, 6.45) is 5.48. The lowest BCUT2D eigenvalue weighted by Crippen LogP contribution is -1.93. The van der Waals surface area contributed by atoms with Gasteiger partial charge in [0, 0.05) is 17.8 Å².